The van der Waals surface area contributed by atoms with E-state index in [2.05, 4.69) is 16.7 Å². The molecule has 0 aromatic carbocycles. The summed E-state index contributed by atoms with van der Waals surface area (Å²) in [6.07, 6.45) is 1.48. The molecule has 0 radical (unpaired) electrons. The number of nitrogens with one attached hydrogen (secondary N) is 2. The van der Waals surface area contributed by atoms with Crippen molar-refractivity contribution in [2.45, 2.75) is 12.8 Å². The van der Waals surface area contributed by atoms with Gasteiger partial charge in [-0.15, -0.1) is 11.3 Å². The van der Waals surface area contributed by atoms with E-state index < -0.39 is 0 Å². The lowest BCUT2D eigenvalue weighted by molar-refractivity contribution is -0.121. The lowest BCUT2D eigenvalue weighted by Crippen LogP contribution is -2.48. The lowest BCUT2D eigenvalue weighted by atomic mass is 10.0. The van der Waals surface area contributed by atoms with Crippen LogP contribution in [0.5, 0.6) is 0 Å². The van der Waals surface area contributed by atoms with Crippen LogP contribution in [0.2, 0.25) is 0 Å². The van der Waals surface area contributed by atoms with Gasteiger partial charge in [0.25, 0.3) is 0 Å². The van der Waals surface area contributed by atoms with Gasteiger partial charge in [-0.1, -0.05) is 6.07 Å². The van der Waals surface area contributed by atoms with Crippen LogP contribution in [0.25, 0.3) is 0 Å². The van der Waals surface area contributed by atoms with Gasteiger partial charge in [-0.25, -0.2) is 0 Å². The molecule has 82 valence electrons. The summed E-state index contributed by atoms with van der Waals surface area (Å²) in [5, 5.41) is 8.21. The van der Waals surface area contributed by atoms with Gasteiger partial charge in [0.15, 0.2) is 0 Å². The molecule has 1 aliphatic heterocycles. The van der Waals surface area contributed by atoms with Crippen molar-refractivity contribution < 1.29 is 4.79 Å². The standard InChI is InChI=1S/C11H16N2OS/c14-11(13-8-9-6-12-7-9)4-3-10-2-1-5-15-10/h1-2,5,9,12H,3-4,6-8H2,(H,13,14). The second kappa shape index (κ2) is 5.28. The molecule has 0 aliphatic carbocycles. The highest BCUT2D eigenvalue weighted by molar-refractivity contribution is 7.09. The Morgan fingerprint density at radius 3 is 3.07 bits per heavy atom. The van der Waals surface area contributed by atoms with E-state index in [1.807, 2.05) is 11.4 Å². The van der Waals surface area contributed by atoms with Crippen LogP contribution in [0.1, 0.15) is 11.3 Å². The maximum Gasteiger partial charge on any atom is 0.220 e. The Balaban J connectivity index is 1.60. The van der Waals surface area contributed by atoms with Crippen molar-refractivity contribution in [3.8, 4) is 0 Å². The van der Waals surface area contributed by atoms with Crippen molar-refractivity contribution in [2.24, 2.45) is 5.92 Å². The molecule has 2 N–H and O–H groups in total. The van der Waals surface area contributed by atoms with Crippen LogP contribution in [0.3, 0.4) is 0 Å². The zero-order valence-electron chi connectivity index (χ0n) is 8.66. The predicted octanol–water partition coefficient (Wildman–Crippen LogP) is 1.02. The van der Waals surface area contributed by atoms with Crippen LogP contribution in [-0.2, 0) is 11.2 Å². The van der Waals surface area contributed by atoms with Gasteiger partial charge >= 0.3 is 0 Å². The van der Waals surface area contributed by atoms with E-state index in [-0.39, 0.29) is 5.91 Å². The van der Waals surface area contributed by atoms with Crippen LogP contribution in [0, 0.1) is 5.92 Å². The molecular weight excluding hydrogens is 208 g/mol. The molecule has 0 spiro atoms. The average Bonchev–Trinajstić information content (AvgIpc) is 2.64. The Labute approximate surface area is 93.9 Å². The van der Waals surface area contributed by atoms with Crippen LogP contribution < -0.4 is 10.6 Å². The zero-order valence-corrected chi connectivity index (χ0v) is 9.48. The monoisotopic (exact) mass is 224 g/mol. The normalized spacial score (nSPS) is 16.0. The van der Waals surface area contributed by atoms with Gasteiger partial charge in [0.2, 0.25) is 5.91 Å². The number of carbonyl (C=O) groups excluding carboxylic acids is 1. The number of carbonyl (C=O) groups is 1. The molecule has 1 aromatic heterocycles. The summed E-state index contributed by atoms with van der Waals surface area (Å²) < 4.78 is 0. The van der Waals surface area contributed by atoms with Gasteiger partial charge in [0.05, 0.1) is 0 Å². The second-order valence-corrected chi connectivity index (χ2v) is 4.94. The molecule has 1 saturated heterocycles. The van der Waals surface area contributed by atoms with Gasteiger partial charge < -0.3 is 10.6 Å². The summed E-state index contributed by atoms with van der Waals surface area (Å²) in [7, 11) is 0. The number of hydrogen-bond acceptors (Lipinski definition) is 3. The lowest BCUT2D eigenvalue weighted by Gasteiger charge is -2.27. The molecule has 0 saturated carbocycles. The molecule has 2 rings (SSSR count). The highest BCUT2D eigenvalue weighted by Crippen LogP contribution is 2.10. The minimum absolute atomic E-state index is 0.176. The molecule has 3 nitrogen and oxygen atoms in total. The molecule has 0 bridgehead atoms. The number of hydrogen-bond donors (Lipinski definition) is 2. The molecule has 0 atom stereocenters. The molecule has 15 heavy (non-hydrogen) atoms. The number of rotatable bonds is 5. The van der Waals surface area contributed by atoms with Crippen LogP contribution in [-0.4, -0.2) is 25.5 Å². The maximum absolute atomic E-state index is 11.5. The third kappa shape index (κ3) is 3.32. The van der Waals surface area contributed by atoms with E-state index in [1.165, 1.54) is 4.88 Å². The fourth-order valence-corrected chi connectivity index (χ4v) is 2.24. The predicted molar refractivity (Wildman–Crippen MR) is 62.0 cm³/mol. The fourth-order valence-electron chi connectivity index (χ4n) is 1.53. The van der Waals surface area contributed by atoms with Gasteiger partial charge in [-0.05, 0) is 17.9 Å². The van der Waals surface area contributed by atoms with Crippen molar-refractivity contribution in [2.75, 3.05) is 19.6 Å². The minimum Gasteiger partial charge on any atom is -0.356 e. The van der Waals surface area contributed by atoms with E-state index in [9.17, 15) is 4.79 Å². The van der Waals surface area contributed by atoms with Gasteiger partial charge in [-0.2, -0.15) is 0 Å². The van der Waals surface area contributed by atoms with Crippen LogP contribution >= 0.6 is 11.3 Å². The molecule has 0 unspecified atom stereocenters. The summed E-state index contributed by atoms with van der Waals surface area (Å²) in [6, 6.07) is 4.10. The SMILES string of the molecule is O=C(CCc1cccs1)NCC1CNC1. The summed E-state index contributed by atoms with van der Waals surface area (Å²) in [4.78, 5) is 12.7. The number of thiophene rings is 1. The molecule has 4 heteroatoms. The van der Waals surface area contributed by atoms with Crippen molar-refractivity contribution >= 4 is 17.2 Å². The summed E-state index contributed by atoms with van der Waals surface area (Å²) >= 11 is 1.71. The smallest absolute Gasteiger partial charge is 0.220 e. The van der Waals surface area contributed by atoms with E-state index in [1.54, 1.807) is 11.3 Å². The minimum atomic E-state index is 0.176. The molecular formula is C11H16N2OS. The summed E-state index contributed by atoms with van der Waals surface area (Å²) in [5.41, 5.74) is 0. The maximum atomic E-state index is 11.5. The fraction of sp³-hybridized carbons (Fsp3) is 0.545. The highest BCUT2D eigenvalue weighted by Gasteiger charge is 2.16. The van der Waals surface area contributed by atoms with Gasteiger partial charge in [-0.3, -0.25) is 4.79 Å². The van der Waals surface area contributed by atoms with Crippen molar-refractivity contribution in [3.63, 3.8) is 0 Å². The summed E-state index contributed by atoms with van der Waals surface area (Å²) in [5.74, 6) is 0.825. The van der Waals surface area contributed by atoms with Gasteiger partial charge in [0.1, 0.15) is 0 Å². The first-order chi connectivity index (χ1) is 7.34. The number of amides is 1. The zero-order chi connectivity index (χ0) is 10.5. The molecule has 1 aliphatic rings. The summed E-state index contributed by atoms with van der Waals surface area (Å²) in [6.45, 7) is 2.92. The first-order valence-corrected chi connectivity index (χ1v) is 6.22. The Kier molecular flexibility index (Phi) is 3.75. The molecule has 1 fully saturated rings. The molecule has 1 aromatic rings. The first-order valence-electron chi connectivity index (χ1n) is 5.34. The van der Waals surface area contributed by atoms with Crippen LogP contribution in [0.15, 0.2) is 17.5 Å². The Bertz CT molecular complexity index is 306. The number of aryl methyl sites for hydroxylation is 1. The van der Waals surface area contributed by atoms with Gasteiger partial charge in [0, 0.05) is 36.9 Å². The second-order valence-electron chi connectivity index (χ2n) is 3.91. The topological polar surface area (TPSA) is 41.1 Å². The van der Waals surface area contributed by atoms with E-state index in [4.69, 9.17) is 0 Å². The Morgan fingerprint density at radius 1 is 1.60 bits per heavy atom. The first kappa shape index (κ1) is 10.6. The molecule has 2 heterocycles. The van der Waals surface area contributed by atoms with Crippen molar-refractivity contribution in [3.05, 3.63) is 22.4 Å². The third-order valence-corrected chi connectivity index (χ3v) is 3.57. The average molecular weight is 224 g/mol. The van der Waals surface area contributed by atoms with Crippen molar-refractivity contribution in [1.29, 1.82) is 0 Å². The Morgan fingerprint density at radius 2 is 2.47 bits per heavy atom. The van der Waals surface area contributed by atoms with E-state index in [0.717, 1.165) is 26.1 Å². The largest absolute Gasteiger partial charge is 0.356 e. The quantitative estimate of drug-likeness (QED) is 0.784. The molecule has 1 amide bonds. The van der Waals surface area contributed by atoms with E-state index >= 15 is 0 Å². The van der Waals surface area contributed by atoms with Crippen LogP contribution in [0.4, 0.5) is 0 Å². The Hall–Kier alpha value is -0.870. The third-order valence-electron chi connectivity index (χ3n) is 2.63. The van der Waals surface area contributed by atoms with E-state index in [0.29, 0.717) is 12.3 Å². The highest BCUT2D eigenvalue weighted by atomic mass is 32.1. The van der Waals surface area contributed by atoms with Crippen molar-refractivity contribution in [1.82, 2.24) is 10.6 Å².